The maximum Gasteiger partial charge on any atom is 0.119 e. The molecule has 0 amide bonds. The Hall–Kier alpha value is -2.02. The molecule has 1 aliphatic carbocycles. The Morgan fingerprint density at radius 2 is 1.46 bits per heavy atom. The van der Waals surface area contributed by atoms with Crippen LogP contribution in [0.3, 0.4) is 0 Å². The quantitative estimate of drug-likeness (QED) is 0.379. The number of ether oxygens (including phenoxy) is 1. The fourth-order valence-corrected chi connectivity index (χ4v) is 4.11. The second-order valence-electron chi connectivity index (χ2n) is 8.17. The first-order valence-corrected chi connectivity index (χ1v) is 11.3. The van der Waals surface area contributed by atoms with E-state index in [-0.39, 0.29) is 0 Å². The van der Waals surface area contributed by atoms with Gasteiger partial charge in [-0.05, 0) is 66.0 Å². The molecule has 0 fully saturated rings. The molecule has 0 N–H and O–H groups in total. The van der Waals surface area contributed by atoms with Crippen LogP contribution in [0.2, 0.25) is 0 Å². The minimum absolute atomic E-state index is 0.781. The molecule has 28 heavy (non-hydrogen) atoms. The molecular formula is C27H36O. The number of rotatable bonds is 10. The Morgan fingerprint density at radius 1 is 0.786 bits per heavy atom. The average Bonchev–Trinajstić information content (AvgIpc) is 2.76. The molecule has 150 valence electrons. The first kappa shape index (κ1) is 20.7. The Labute approximate surface area is 171 Å². The summed E-state index contributed by atoms with van der Waals surface area (Å²) in [6.45, 7) is 5.20. The van der Waals surface area contributed by atoms with Crippen molar-refractivity contribution in [2.24, 2.45) is 5.92 Å². The first-order chi connectivity index (χ1) is 13.8. The number of allylic oxidation sites excluding steroid dienone is 2. The van der Waals surface area contributed by atoms with E-state index < -0.39 is 0 Å². The lowest BCUT2D eigenvalue weighted by atomic mass is 9.83. The summed E-state index contributed by atoms with van der Waals surface area (Å²) in [5.41, 5.74) is 5.46. The predicted octanol–water partition coefficient (Wildman–Crippen LogP) is 8.30. The molecule has 0 bridgehead atoms. The maximum atomic E-state index is 5.68. The van der Waals surface area contributed by atoms with Crippen LogP contribution < -0.4 is 4.74 Å². The second kappa shape index (κ2) is 11.1. The third-order valence-corrected chi connectivity index (χ3v) is 5.90. The molecule has 2 aromatic carbocycles. The van der Waals surface area contributed by atoms with Crippen molar-refractivity contribution in [2.75, 3.05) is 6.61 Å². The zero-order valence-corrected chi connectivity index (χ0v) is 17.8. The summed E-state index contributed by atoms with van der Waals surface area (Å²) < 4.78 is 5.68. The van der Waals surface area contributed by atoms with Crippen molar-refractivity contribution in [2.45, 2.75) is 71.6 Å². The van der Waals surface area contributed by atoms with Crippen molar-refractivity contribution in [3.8, 4) is 16.9 Å². The van der Waals surface area contributed by atoms with Gasteiger partial charge in [-0.3, -0.25) is 0 Å². The molecule has 1 aliphatic rings. The van der Waals surface area contributed by atoms with Crippen LogP contribution in [0.25, 0.3) is 16.7 Å². The van der Waals surface area contributed by atoms with Crippen molar-refractivity contribution >= 4 is 5.57 Å². The van der Waals surface area contributed by atoms with E-state index in [4.69, 9.17) is 4.74 Å². The molecule has 3 rings (SSSR count). The standard InChI is InChI=1S/C27H36O/c1-3-5-6-7-8-22-9-11-23(12-10-22)24-13-15-25(16-14-24)26-17-19-27(20-18-26)28-21-4-2/h11,13-20,22H,3-10,12,21H2,1-2H3. The van der Waals surface area contributed by atoms with Gasteiger partial charge in [-0.2, -0.15) is 0 Å². The van der Waals surface area contributed by atoms with E-state index in [9.17, 15) is 0 Å². The van der Waals surface area contributed by atoms with Crippen molar-refractivity contribution in [1.29, 1.82) is 0 Å². The Morgan fingerprint density at radius 3 is 2.07 bits per heavy atom. The van der Waals surface area contributed by atoms with Gasteiger partial charge in [0.25, 0.3) is 0 Å². The summed E-state index contributed by atoms with van der Waals surface area (Å²) >= 11 is 0. The van der Waals surface area contributed by atoms with Gasteiger partial charge >= 0.3 is 0 Å². The fraction of sp³-hybridized carbons (Fsp3) is 0.481. The number of hydrogen-bond acceptors (Lipinski definition) is 1. The molecule has 1 atom stereocenters. The van der Waals surface area contributed by atoms with E-state index in [0.29, 0.717) is 0 Å². The van der Waals surface area contributed by atoms with E-state index >= 15 is 0 Å². The molecule has 0 aliphatic heterocycles. The van der Waals surface area contributed by atoms with Gasteiger partial charge in [0.1, 0.15) is 5.75 Å². The molecule has 1 unspecified atom stereocenters. The number of benzene rings is 2. The summed E-state index contributed by atoms with van der Waals surface area (Å²) in [6, 6.07) is 17.6. The largest absolute Gasteiger partial charge is 0.494 e. The lowest BCUT2D eigenvalue weighted by molar-refractivity contribution is 0.317. The molecule has 0 saturated heterocycles. The second-order valence-corrected chi connectivity index (χ2v) is 8.17. The smallest absolute Gasteiger partial charge is 0.119 e. The number of hydrogen-bond donors (Lipinski definition) is 0. The highest BCUT2D eigenvalue weighted by Gasteiger charge is 2.15. The zero-order valence-electron chi connectivity index (χ0n) is 17.8. The molecule has 2 aromatic rings. The highest BCUT2D eigenvalue weighted by molar-refractivity contribution is 5.71. The molecule has 1 nitrogen and oxygen atoms in total. The highest BCUT2D eigenvalue weighted by Crippen LogP contribution is 2.33. The van der Waals surface area contributed by atoms with E-state index in [1.807, 2.05) is 0 Å². The van der Waals surface area contributed by atoms with E-state index in [1.165, 1.54) is 68.1 Å². The maximum absolute atomic E-state index is 5.68. The third kappa shape index (κ3) is 5.99. The summed E-state index contributed by atoms with van der Waals surface area (Å²) in [4.78, 5) is 0. The predicted molar refractivity (Wildman–Crippen MR) is 122 cm³/mol. The van der Waals surface area contributed by atoms with Crippen LogP contribution in [-0.4, -0.2) is 6.61 Å². The fourth-order valence-electron chi connectivity index (χ4n) is 4.11. The molecule has 0 heterocycles. The Balaban J connectivity index is 1.55. The summed E-state index contributed by atoms with van der Waals surface area (Å²) in [7, 11) is 0. The Bertz CT molecular complexity index is 724. The first-order valence-electron chi connectivity index (χ1n) is 11.3. The van der Waals surface area contributed by atoms with Gasteiger partial charge in [-0.1, -0.05) is 88.4 Å². The molecule has 0 saturated carbocycles. The van der Waals surface area contributed by atoms with E-state index in [0.717, 1.165) is 24.7 Å². The monoisotopic (exact) mass is 376 g/mol. The van der Waals surface area contributed by atoms with Crippen LogP contribution in [0, 0.1) is 5.92 Å². The van der Waals surface area contributed by atoms with E-state index in [2.05, 4.69) is 68.5 Å². The van der Waals surface area contributed by atoms with Gasteiger partial charge < -0.3 is 4.74 Å². The van der Waals surface area contributed by atoms with Crippen LogP contribution >= 0.6 is 0 Å². The summed E-state index contributed by atoms with van der Waals surface area (Å²) in [5.74, 6) is 1.87. The van der Waals surface area contributed by atoms with Crippen molar-refractivity contribution < 1.29 is 4.74 Å². The average molecular weight is 377 g/mol. The van der Waals surface area contributed by atoms with Crippen LogP contribution in [0.4, 0.5) is 0 Å². The highest BCUT2D eigenvalue weighted by atomic mass is 16.5. The van der Waals surface area contributed by atoms with Crippen molar-refractivity contribution in [3.63, 3.8) is 0 Å². The normalized spacial score (nSPS) is 16.6. The van der Waals surface area contributed by atoms with Gasteiger partial charge in [0.2, 0.25) is 0 Å². The minimum atomic E-state index is 0.781. The zero-order chi connectivity index (χ0) is 19.6. The third-order valence-electron chi connectivity index (χ3n) is 5.90. The molecule has 0 radical (unpaired) electrons. The molecule has 0 spiro atoms. The molecular weight excluding hydrogens is 340 g/mol. The van der Waals surface area contributed by atoms with Crippen LogP contribution in [0.15, 0.2) is 54.6 Å². The van der Waals surface area contributed by atoms with E-state index in [1.54, 1.807) is 5.57 Å². The number of unbranched alkanes of at least 4 members (excludes halogenated alkanes) is 3. The molecule has 1 heteroatoms. The van der Waals surface area contributed by atoms with Gasteiger partial charge in [-0.25, -0.2) is 0 Å². The van der Waals surface area contributed by atoms with Gasteiger partial charge in [0.05, 0.1) is 6.61 Å². The minimum Gasteiger partial charge on any atom is -0.494 e. The van der Waals surface area contributed by atoms with Gasteiger partial charge in [0, 0.05) is 0 Å². The summed E-state index contributed by atoms with van der Waals surface area (Å²) in [6.07, 6.45) is 14.4. The SMILES string of the molecule is CCCCCCC1CC=C(c2ccc(-c3ccc(OCCC)cc3)cc2)CC1. The topological polar surface area (TPSA) is 9.23 Å². The molecule has 0 aromatic heterocycles. The van der Waals surface area contributed by atoms with Crippen LogP contribution in [-0.2, 0) is 0 Å². The van der Waals surface area contributed by atoms with Gasteiger partial charge in [-0.15, -0.1) is 0 Å². The Kier molecular flexibility index (Phi) is 8.21. The van der Waals surface area contributed by atoms with Crippen LogP contribution in [0.1, 0.15) is 77.2 Å². The lowest BCUT2D eigenvalue weighted by Crippen LogP contribution is -2.05. The van der Waals surface area contributed by atoms with Crippen LogP contribution in [0.5, 0.6) is 5.75 Å². The van der Waals surface area contributed by atoms with Crippen molar-refractivity contribution in [3.05, 3.63) is 60.2 Å². The summed E-state index contributed by atoms with van der Waals surface area (Å²) in [5, 5.41) is 0. The van der Waals surface area contributed by atoms with Gasteiger partial charge in [0.15, 0.2) is 0 Å². The van der Waals surface area contributed by atoms with Crippen molar-refractivity contribution in [1.82, 2.24) is 0 Å². The lowest BCUT2D eigenvalue weighted by Gasteiger charge is -2.22.